The number of anilines is 2. The number of halogens is 1. The Bertz CT molecular complexity index is 462. The van der Waals surface area contributed by atoms with E-state index in [4.69, 9.17) is 11.6 Å². The highest BCUT2D eigenvalue weighted by atomic mass is 35.5. The molecule has 2 rings (SSSR count). The summed E-state index contributed by atoms with van der Waals surface area (Å²) in [6, 6.07) is 0. The van der Waals surface area contributed by atoms with Crippen molar-refractivity contribution < 1.29 is 4.79 Å². The maximum atomic E-state index is 11.9. The SMILES string of the molecule is CCNc1ncc(Cl)c(NCCC(=O)N2CCCC2)n1. The molecule has 0 aromatic carbocycles. The first-order chi connectivity index (χ1) is 9.70. The number of likely N-dealkylation sites (tertiary alicyclic amines) is 1. The monoisotopic (exact) mass is 297 g/mol. The highest BCUT2D eigenvalue weighted by Gasteiger charge is 2.17. The Morgan fingerprint density at radius 3 is 2.85 bits per heavy atom. The number of hydrogen-bond donors (Lipinski definition) is 2. The third kappa shape index (κ3) is 3.96. The predicted octanol–water partition coefficient (Wildman–Crippen LogP) is 1.99. The molecule has 0 saturated carbocycles. The summed E-state index contributed by atoms with van der Waals surface area (Å²) >= 11 is 6.03. The van der Waals surface area contributed by atoms with Crippen LogP contribution in [0.5, 0.6) is 0 Å². The fourth-order valence-corrected chi connectivity index (χ4v) is 2.30. The van der Waals surface area contributed by atoms with Gasteiger partial charge in [-0.1, -0.05) is 11.6 Å². The molecule has 0 radical (unpaired) electrons. The molecular weight excluding hydrogens is 278 g/mol. The van der Waals surface area contributed by atoms with E-state index in [0.717, 1.165) is 32.5 Å². The minimum atomic E-state index is 0.187. The lowest BCUT2D eigenvalue weighted by Gasteiger charge is -2.15. The zero-order valence-corrected chi connectivity index (χ0v) is 12.4. The molecule has 1 amide bonds. The molecule has 1 fully saturated rings. The number of aromatic nitrogens is 2. The Labute approximate surface area is 123 Å². The smallest absolute Gasteiger partial charge is 0.224 e. The molecule has 1 saturated heterocycles. The standard InChI is InChI=1S/C13H20ClN5O/c1-2-15-13-17-9-10(14)12(18-13)16-6-5-11(20)19-7-3-4-8-19/h9H,2-8H2,1H3,(H2,15,16,17,18). The van der Waals surface area contributed by atoms with Crippen molar-refractivity contribution >= 4 is 29.3 Å². The topological polar surface area (TPSA) is 70.2 Å². The van der Waals surface area contributed by atoms with Gasteiger partial charge in [0.25, 0.3) is 0 Å². The summed E-state index contributed by atoms with van der Waals surface area (Å²) in [5.74, 6) is 1.28. The predicted molar refractivity (Wildman–Crippen MR) is 80.1 cm³/mol. The van der Waals surface area contributed by atoms with Crippen molar-refractivity contribution in [1.82, 2.24) is 14.9 Å². The summed E-state index contributed by atoms with van der Waals surface area (Å²) < 4.78 is 0. The van der Waals surface area contributed by atoms with Crippen LogP contribution in [0.1, 0.15) is 26.2 Å². The fraction of sp³-hybridized carbons (Fsp3) is 0.615. The third-order valence-corrected chi connectivity index (χ3v) is 3.45. The molecule has 2 N–H and O–H groups in total. The van der Waals surface area contributed by atoms with Gasteiger partial charge in [-0.25, -0.2) is 4.98 Å². The second-order valence-corrected chi connectivity index (χ2v) is 5.09. The van der Waals surface area contributed by atoms with E-state index in [-0.39, 0.29) is 5.91 Å². The summed E-state index contributed by atoms with van der Waals surface area (Å²) in [6.45, 7) is 5.02. The number of nitrogens with one attached hydrogen (secondary N) is 2. The molecule has 1 aromatic heterocycles. The van der Waals surface area contributed by atoms with Crippen molar-refractivity contribution in [2.75, 3.05) is 36.8 Å². The average molecular weight is 298 g/mol. The summed E-state index contributed by atoms with van der Waals surface area (Å²) in [5, 5.41) is 6.58. The van der Waals surface area contributed by atoms with E-state index in [2.05, 4.69) is 20.6 Å². The van der Waals surface area contributed by atoms with Gasteiger partial charge in [-0.3, -0.25) is 4.79 Å². The fourth-order valence-electron chi connectivity index (χ4n) is 2.15. The first kappa shape index (κ1) is 14.8. The molecular formula is C13H20ClN5O. The van der Waals surface area contributed by atoms with E-state index < -0.39 is 0 Å². The van der Waals surface area contributed by atoms with Gasteiger partial charge in [0.1, 0.15) is 10.8 Å². The van der Waals surface area contributed by atoms with Gasteiger partial charge < -0.3 is 15.5 Å². The van der Waals surface area contributed by atoms with Crippen molar-refractivity contribution in [3.05, 3.63) is 11.2 Å². The van der Waals surface area contributed by atoms with Gasteiger partial charge in [-0.05, 0) is 19.8 Å². The van der Waals surface area contributed by atoms with Gasteiger partial charge >= 0.3 is 0 Å². The third-order valence-electron chi connectivity index (χ3n) is 3.17. The van der Waals surface area contributed by atoms with Crippen molar-refractivity contribution in [1.29, 1.82) is 0 Å². The first-order valence-electron chi connectivity index (χ1n) is 6.98. The van der Waals surface area contributed by atoms with Crippen molar-refractivity contribution in [3.8, 4) is 0 Å². The molecule has 0 atom stereocenters. The van der Waals surface area contributed by atoms with Crippen LogP contribution in [0.4, 0.5) is 11.8 Å². The van der Waals surface area contributed by atoms with Gasteiger partial charge in [0.15, 0.2) is 0 Å². The lowest BCUT2D eigenvalue weighted by molar-refractivity contribution is -0.129. The molecule has 20 heavy (non-hydrogen) atoms. The van der Waals surface area contributed by atoms with Crippen LogP contribution in [0, 0.1) is 0 Å². The number of carbonyl (C=O) groups is 1. The largest absolute Gasteiger partial charge is 0.368 e. The Balaban J connectivity index is 1.83. The van der Waals surface area contributed by atoms with E-state index in [1.54, 1.807) is 6.20 Å². The maximum Gasteiger partial charge on any atom is 0.224 e. The van der Waals surface area contributed by atoms with Gasteiger partial charge in [0.2, 0.25) is 11.9 Å². The Hall–Kier alpha value is -1.56. The Morgan fingerprint density at radius 1 is 1.40 bits per heavy atom. The normalized spacial score (nSPS) is 14.4. The van der Waals surface area contributed by atoms with E-state index in [1.165, 1.54) is 0 Å². The Kier molecular flexibility index (Phi) is 5.40. The molecule has 1 aliphatic heterocycles. The highest BCUT2D eigenvalue weighted by Crippen LogP contribution is 2.19. The average Bonchev–Trinajstić information content (AvgIpc) is 2.96. The van der Waals surface area contributed by atoms with Crippen LogP contribution in [-0.4, -0.2) is 47.0 Å². The van der Waals surface area contributed by atoms with Gasteiger partial charge in [0, 0.05) is 32.6 Å². The van der Waals surface area contributed by atoms with E-state index >= 15 is 0 Å². The van der Waals surface area contributed by atoms with Gasteiger partial charge in [0.05, 0.1) is 6.20 Å². The molecule has 0 unspecified atom stereocenters. The zero-order valence-electron chi connectivity index (χ0n) is 11.7. The highest BCUT2D eigenvalue weighted by molar-refractivity contribution is 6.32. The molecule has 0 spiro atoms. The van der Waals surface area contributed by atoms with Crippen LogP contribution < -0.4 is 10.6 Å². The maximum absolute atomic E-state index is 11.9. The van der Waals surface area contributed by atoms with Crippen molar-refractivity contribution in [3.63, 3.8) is 0 Å². The van der Waals surface area contributed by atoms with Crippen molar-refractivity contribution in [2.24, 2.45) is 0 Å². The van der Waals surface area contributed by atoms with Crippen LogP contribution in [0.2, 0.25) is 5.02 Å². The quantitative estimate of drug-likeness (QED) is 0.840. The first-order valence-corrected chi connectivity index (χ1v) is 7.36. The molecule has 7 heteroatoms. The second kappa shape index (κ2) is 7.28. The minimum Gasteiger partial charge on any atom is -0.368 e. The van der Waals surface area contributed by atoms with Crippen LogP contribution in [0.15, 0.2) is 6.20 Å². The molecule has 0 aliphatic carbocycles. The van der Waals surface area contributed by atoms with Gasteiger partial charge in [-0.15, -0.1) is 0 Å². The van der Waals surface area contributed by atoms with E-state index in [0.29, 0.717) is 29.8 Å². The molecule has 110 valence electrons. The molecule has 1 aliphatic rings. The van der Waals surface area contributed by atoms with Crippen LogP contribution >= 0.6 is 11.6 Å². The Morgan fingerprint density at radius 2 is 2.15 bits per heavy atom. The van der Waals surface area contributed by atoms with Gasteiger partial charge in [-0.2, -0.15) is 4.98 Å². The lowest BCUT2D eigenvalue weighted by Crippen LogP contribution is -2.29. The summed E-state index contributed by atoms with van der Waals surface area (Å²) in [4.78, 5) is 22.1. The molecule has 6 nitrogen and oxygen atoms in total. The van der Waals surface area contributed by atoms with Crippen LogP contribution in [0.25, 0.3) is 0 Å². The number of rotatable bonds is 6. The summed E-state index contributed by atoms with van der Waals surface area (Å²) in [6.07, 6.45) is 4.24. The second-order valence-electron chi connectivity index (χ2n) is 4.69. The molecule has 2 heterocycles. The van der Waals surface area contributed by atoms with Crippen molar-refractivity contribution in [2.45, 2.75) is 26.2 Å². The number of nitrogens with zero attached hydrogens (tertiary/aromatic N) is 3. The van der Waals surface area contributed by atoms with Crippen LogP contribution in [0.3, 0.4) is 0 Å². The summed E-state index contributed by atoms with van der Waals surface area (Å²) in [7, 11) is 0. The number of carbonyl (C=O) groups excluding carboxylic acids is 1. The van der Waals surface area contributed by atoms with E-state index in [9.17, 15) is 4.79 Å². The molecule has 1 aromatic rings. The zero-order chi connectivity index (χ0) is 14.4. The number of amides is 1. The number of hydrogen-bond acceptors (Lipinski definition) is 5. The minimum absolute atomic E-state index is 0.187. The van der Waals surface area contributed by atoms with E-state index in [1.807, 2.05) is 11.8 Å². The molecule has 0 bridgehead atoms. The lowest BCUT2D eigenvalue weighted by atomic mass is 10.3. The van der Waals surface area contributed by atoms with Crippen LogP contribution in [-0.2, 0) is 4.79 Å². The summed E-state index contributed by atoms with van der Waals surface area (Å²) in [5.41, 5.74) is 0.